The summed E-state index contributed by atoms with van der Waals surface area (Å²) in [6.07, 6.45) is 6.11. The van der Waals surface area contributed by atoms with E-state index < -0.39 is 11.1 Å². The Bertz CT molecular complexity index is 443. The zero-order valence-electron chi connectivity index (χ0n) is 11.8. The summed E-state index contributed by atoms with van der Waals surface area (Å²) in [5, 5.41) is 4.14. The lowest BCUT2D eigenvalue weighted by molar-refractivity contribution is -0.00937. The molecule has 2 heterocycles. The maximum Gasteiger partial charge on any atom is 0.258 e. The predicted molar refractivity (Wildman–Crippen MR) is 70.3 cm³/mol. The van der Waals surface area contributed by atoms with E-state index in [1.54, 1.807) is 0 Å². The van der Waals surface area contributed by atoms with Crippen LogP contribution in [0.5, 0.6) is 0 Å². The molecule has 5 heteroatoms. The van der Waals surface area contributed by atoms with Gasteiger partial charge in [0.15, 0.2) is 5.82 Å². The van der Waals surface area contributed by atoms with Gasteiger partial charge in [-0.2, -0.15) is 4.98 Å². The van der Waals surface area contributed by atoms with Crippen molar-refractivity contribution >= 4 is 0 Å². The van der Waals surface area contributed by atoms with E-state index in [4.69, 9.17) is 15.0 Å². The number of aromatic nitrogens is 2. The van der Waals surface area contributed by atoms with E-state index in [1.165, 1.54) is 0 Å². The molecule has 106 valence electrons. The van der Waals surface area contributed by atoms with Gasteiger partial charge in [-0.1, -0.05) is 12.1 Å². The average molecular weight is 265 g/mol. The van der Waals surface area contributed by atoms with Crippen LogP contribution >= 0.6 is 0 Å². The quantitative estimate of drug-likeness (QED) is 0.889. The second-order valence-corrected chi connectivity index (χ2v) is 6.44. The third-order valence-corrected chi connectivity index (χ3v) is 4.71. The molecule has 1 aliphatic carbocycles. The number of nitrogens with two attached hydrogens (primary N) is 1. The fourth-order valence-corrected chi connectivity index (χ4v) is 3.09. The highest BCUT2D eigenvalue weighted by Crippen LogP contribution is 2.39. The van der Waals surface area contributed by atoms with Gasteiger partial charge in [0.25, 0.3) is 5.89 Å². The lowest BCUT2D eigenvalue weighted by Crippen LogP contribution is -2.41. The van der Waals surface area contributed by atoms with Crippen LogP contribution in [-0.4, -0.2) is 16.7 Å². The van der Waals surface area contributed by atoms with E-state index in [9.17, 15) is 0 Å². The molecule has 1 saturated heterocycles. The molecule has 2 aliphatic rings. The van der Waals surface area contributed by atoms with Gasteiger partial charge in [-0.3, -0.25) is 0 Å². The van der Waals surface area contributed by atoms with Crippen molar-refractivity contribution in [1.29, 1.82) is 0 Å². The van der Waals surface area contributed by atoms with Crippen molar-refractivity contribution in [3.63, 3.8) is 0 Å². The first-order valence-corrected chi connectivity index (χ1v) is 7.29. The molecule has 0 radical (unpaired) electrons. The van der Waals surface area contributed by atoms with Gasteiger partial charge in [0, 0.05) is 6.61 Å². The Balaban J connectivity index is 1.81. The Morgan fingerprint density at radius 3 is 2.63 bits per heavy atom. The Kier molecular flexibility index (Phi) is 3.14. The van der Waals surface area contributed by atoms with E-state index >= 15 is 0 Å². The van der Waals surface area contributed by atoms with Crippen LogP contribution in [0.2, 0.25) is 0 Å². The number of nitrogens with zero attached hydrogens (tertiary/aromatic N) is 2. The third kappa shape index (κ3) is 2.30. The van der Waals surface area contributed by atoms with Crippen LogP contribution in [0.25, 0.3) is 0 Å². The molecule has 0 spiro atoms. The summed E-state index contributed by atoms with van der Waals surface area (Å²) in [5.41, 5.74) is 5.65. The molecule has 0 aromatic carbocycles. The van der Waals surface area contributed by atoms with Gasteiger partial charge in [0.05, 0.1) is 5.54 Å². The van der Waals surface area contributed by atoms with Crippen LogP contribution < -0.4 is 5.73 Å². The third-order valence-electron chi connectivity index (χ3n) is 4.71. The summed E-state index contributed by atoms with van der Waals surface area (Å²) < 4.78 is 11.2. The van der Waals surface area contributed by atoms with Gasteiger partial charge in [-0.05, 0) is 51.4 Å². The second-order valence-electron chi connectivity index (χ2n) is 6.44. The molecule has 3 rings (SSSR count). The molecule has 1 saturated carbocycles. The molecule has 1 atom stereocenters. The van der Waals surface area contributed by atoms with Gasteiger partial charge in [0.2, 0.25) is 0 Å². The highest BCUT2D eigenvalue weighted by molar-refractivity contribution is 5.09. The zero-order valence-corrected chi connectivity index (χ0v) is 11.8. The van der Waals surface area contributed by atoms with E-state index in [0.717, 1.165) is 51.0 Å². The molecular weight excluding hydrogens is 242 g/mol. The van der Waals surface area contributed by atoms with Crippen molar-refractivity contribution in [2.75, 3.05) is 6.61 Å². The SMILES string of the molecule is CC1CCC(N)(c2noc(C3(C)CCCO3)n2)CC1. The summed E-state index contributed by atoms with van der Waals surface area (Å²) in [4.78, 5) is 4.56. The minimum Gasteiger partial charge on any atom is -0.365 e. The number of hydrogen-bond donors (Lipinski definition) is 1. The summed E-state index contributed by atoms with van der Waals surface area (Å²) in [6, 6.07) is 0. The lowest BCUT2D eigenvalue weighted by atomic mass is 9.77. The number of ether oxygens (including phenoxy) is 1. The highest BCUT2D eigenvalue weighted by Gasteiger charge is 2.41. The number of hydrogen-bond acceptors (Lipinski definition) is 5. The minimum atomic E-state index is -0.413. The van der Waals surface area contributed by atoms with E-state index in [0.29, 0.717) is 11.7 Å². The molecule has 5 nitrogen and oxygen atoms in total. The van der Waals surface area contributed by atoms with Gasteiger partial charge < -0.3 is 15.0 Å². The van der Waals surface area contributed by atoms with Crippen LogP contribution in [-0.2, 0) is 15.9 Å². The molecule has 1 aromatic heterocycles. The maximum atomic E-state index is 6.47. The summed E-state index contributed by atoms with van der Waals surface area (Å²) in [5.74, 6) is 1.99. The molecule has 2 fully saturated rings. The molecule has 2 N–H and O–H groups in total. The number of rotatable bonds is 2. The monoisotopic (exact) mass is 265 g/mol. The van der Waals surface area contributed by atoms with E-state index in [-0.39, 0.29) is 0 Å². The highest BCUT2D eigenvalue weighted by atomic mass is 16.5. The van der Waals surface area contributed by atoms with Crippen LogP contribution in [0.15, 0.2) is 4.52 Å². The fourth-order valence-electron chi connectivity index (χ4n) is 3.09. The molecule has 0 bridgehead atoms. The predicted octanol–water partition coefficient (Wildman–Crippen LogP) is 2.46. The topological polar surface area (TPSA) is 74.2 Å². The van der Waals surface area contributed by atoms with Crippen LogP contribution in [0.3, 0.4) is 0 Å². The summed E-state index contributed by atoms with van der Waals surface area (Å²) in [7, 11) is 0. The molecule has 19 heavy (non-hydrogen) atoms. The molecular formula is C14H23N3O2. The molecule has 1 aliphatic heterocycles. The van der Waals surface area contributed by atoms with Crippen molar-refractivity contribution in [3.8, 4) is 0 Å². The summed E-state index contributed by atoms with van der Waals surface area (Å²) in [6.45, 7) is 5.05. The van der Waals surface area contributed by atoms with E-state index in [2.05, 4.69) is 17.1 Å². The Labute approximate surface area is 113 Å². The first kappa shape index (κ1) is 13.1. The van der Waals surface area contributed by atoms with Crippen molar-refractivity contribution in [2.24, 2.45) is 11.7 Å². The van der Waals surface area contributed by atoms with Gasteiger partial charge in [-0.25, -0.2) is 0 Å². The van der Waals surface area contributed by atoms with Crippen LogP contribution in [0, 0.1) is 5.92 Å². The second kappa shape index (κ2) is 4.56. The summed E-state index contributed by atoms with van der Waals surface area (Å²) >= 11 is 0. The fraction of sp³-hybridized carbons (Fsp3) is 0.857. The smallest absolute Gasteiger partial charge is 0.258 e. The standard InChI is InChI=1S/C14H23N3O2/c1-10-4-7-14(15,8-5-10)11-16-12(19-17-11)13(2)6-3-9-18-13/h10H,3-9,15H2,1-2H3. The molecule has 1 unspecified atom stereocenters. The van der Waals surface area contributed by atoms with Crippen molar-refractivity contribution in [2.45, 2.75) is 63.5 Å². The van der Waals surface area contributed by atoms with Gasteiger partial charge in [-0.15, -0.1) is 0 Å². The molecule has 0 amide bonds. The Morgan fingerprint density at radius 2 is 2.00 bits per heavy atom. The Morgan fingerprint density at radius 1 is 1.26 bits per heavy atom. The van der Waals surface area contributed by atoms with Crippen molar-refractivity contribution in [3.05, 3.63) is 11.7 Å². The largest absolute Gasteiger partial charge is 0.365 e. The Hall–Kier alpha value is -0.940. The first-order valence-electron chi connectivity index (χ1n) is 7.29. The van der Waals surface area contributed by atoms with Crippen molar-refractivity contribution in [1.82, 2.24) is 10.1 Å². The molecule has 1 aromatic rings. The van der Waals surface area contributed by atoms with Crippen molar-refractivity contribution < 1.29 is 9.26 Å². The average Bonchev–Trinajstić information content (AvgIpc) is 3.03. The van der Waals surface area contributed by atoms with Gasteiger partial charge in [0.1, 0.15) is 5.60 Å². The zero-order chi connectivity index (χ0) is 13.5. The first-order chi connectivity index (χ1) is 9.02. The normalized spacial score (nSPS) is 39.6. The maximum absolute atomic E-state index is 6.47. The lowest BCUT2D eigenvalue weighted by Gasteiger charge is -2.33. The van der Waals surface area contributed by atoms with Gasteiger partial charge >= 0.3 is 0 Å². The van der Waals surface area contributed by atoms with Crippen LogP contribution in [0.1, 0.15) is 64.1 Å². The van der Waals surface area contributed by atoms with E-state index in [1.807, 2.05) is 6.92 Å². The van der Waals surface area contributed by atoms with Crippen LogP contribution in [0.4, 0.5) is 0 Å². The minimum absolute atomic E-state index is 0.413.